The zero-order valence-corrected chi connectivity index (χ0v) is 8.41. The van der Waals surface area contributed by atoms with Gasteiger partial charge in [-0.25, -0.2) is 13.6 Å². The molecule has 0 aliphatic heterocycles. The van der Waals surface area contributed by atoms with Gasteiger partial charge in [0.2, 0.25) is 0 Å². The Hall–Kier alpha value is -1.76. The molecule has 0 atom stereocenters. The van der Waals surface area contributed by atoms with Gasteiger partial charge in [0.1, 0.15) is 5.56 Å². The monoisotopic (exact) mass is 232 g/mol. The Morgan fingerprint density at radius 3 is 2.69 bits per heavy atom. The van der Waals surface area contributed by atoms with Crippen LogP contribution < -0.4 is 10.5 Å². The molecule has 3 N–H and O–H groups in total. The Labute approximate surface area is 89.9 Å². The topological polar surface area (TPSA) is 85.4 Å². The van der Waals surface area contributed by atoms with Crippen LogP contribution in [0.5, 0.6) is 5.75 Å². The number of rotatable bonds is 4. The van der Waals surface area contributed by atoms with Crippen LogP contribution in [0.25, 0.3) is 0 Å². The quantitative estimate of drug-likeness (QED) is 0.814. The molecule has 1 rings (SSSR count). The molecular weight excluding hydrogens is 222 g/mol. The standard InChI is InChI=1S/C9H10F2N2O3/c1-16-5-3-13-4(2-12)6(8(10)11)7(5)9(14)15/h3,8H,2,12H2,1H3,(H,14,15). The molecule has 0 saturated heterocycles. The molecule has 0 aliphatic carbocycles. The van der Waals surface area contributed by atoms with E-state index < -0.39 is 23.5 Å². The summed E-state index contributed by atoms with van der Waals surface area (Å²) in [6.45, 7) is -0.260. The highest BCUT2D eigenvalue weighted by molar-refractivity contribution is 5.92. The number of hydrogen-bond donors (Lipinski definition) is 2. The lowest BCUT2D eigenvalue weighted by Crippen LogP contribution is -2.13. The smallest absolute Gasteiger partial charge is 0.340 e. The van der Waals surface area contributed by atoms with Crippen LogP contribution in [0.4, 0.5) is 8.78 Å². The molecule has 0 fully saturated rings. The maximum Gasteiger partial charge on any atom is 0.340 e. The van der Waals surface area contributed by atoms with Gasteiger partial charge in [0.25, 0.3) is 6.43 Å². The normalized spacial score (nSPS) is 10.6. The first kappa shape index (κ1) is 12.3. The summed E-state index contributed by atoms with van der Waals surface area (Å²) in [6, 6.07) is 0. The molecule has 16 heavy (non-hydrogen) atoms. The van der Waals surface area contributed by atoms with Gasteiger partial charge in [0, 0.05) is 6.54 Å². The minimum atomic E-state index is -2.97. The number of alkyl halides is 2. The van der Waals surface area contributed by atoms with Crippen LogP contribution in [0.2, 0.25) is 0 Å². The van der Waals surface area contributed by atoms with Gasteiger partial charge in [-0.15, -0.1) is 0 Å². The van der Waals surface area contributed by atoms with E-state index in [9.17, 15) is 13.6 Å². The number of nitrogens with two attached hydrogens (primary N) is 1. The Morgan fingerprint density at radius 1 is 1.69 bits per heavy atom. The molecule has 88 valence electrons. The number of pyridine rings is 1. The zero-order chi connectivity index (χ0) is 12.3. The predicted molar refractivity (Wildman–Crippen MR) is 50.6 cm³/mol. The summed E-state index contributed by atoms with van der Waals surface area (Å²) in [5, 5.41) is 8.86. The van der Waals surface area contributed by atoms with E-state index in [4.69, 9.17) is 10.8 Å². The summed E-state index contributed by atoms with van der Waals surface area (Å²) in [7, 11) is 1.18. The number of hydrogen-bond acceptors (Lipinski definition) is 4. The summed E-state index contributed by atoms with van der Waals surface area (Å²) >= 11 is 0. The van der Waals surface area contributed by atoms with Gasteiger partial charge in [0.15, 0.2) is 5.75 Å². The van der Waals surface area contributed by atoms with Gasteiger partial charge in [-0.05, 0) is 0 Å². The van der Waals surface area contributed by atoms with E-state index in [1.165, 1.54) is 7.11 Å². The van der Waals surface area contributed by atoms with Crippen LogP contribution >= 0.6 is 0 Å². The summed E-state index contributed by atoms with van der Waals surface area (Å²) in [5.41, 5.74) is 3.80. The molecule has 0 saturated carbocycles. The molecule has 0 amide bonds. The lowest BCUT2D eigenvalue weighted by atomic mass is 10.1. The van der Waals surface area contributed by atoms with Crippen molar-refractivity contribution in [1.82, 2.24) is 4.98 Å². The van der Waals surface area contributed by atoms with Crippen LogP contribution in [-0.4, -0.2) is 23.2 Å². The van der Waals surface area contributed by atoms with Crippen molar-refractivity contribution < 1.29 is 23.4 Å². The third-order valence-electron chi connectivity index (χ3n) is 2.01. The van der Waals surface area contributed by atoms with Gasteiger partial charge < -0.3 is 15.6 Å². The van der Waals surface area contributed by atoms with E-state index in [1.807, 2.05) is 0 Å². The van der Waals surface area contributed by atoms with E-state index in [-0.39, 0.29) is 18.0 Å². The van der Waals surface area contributed by atoms with Crippen molar-refractivity contribution in [3.63, 3.8) is 0 Å². The highest BCUT2D eigenvalue weighted by Gasteiger charge is 2.26. The fourth-order valence-electron chi connectivity index (χ4n) is 1.32. The zero-order valence-electron chi connectivity index (χ0n) is 8.41. The SMILES string of the molecule is COc1cnc(CN)c(C(F)F)c1C(=O)O. The van der Waals surface area contributed by atoms with Crippen molar-refractivity contribution in [2.45, 2.75) is 13.0 Å². The van der Waals surface area contributed by atoms with Gasteiger partial charge in [-0.1, -0.05) is 0 Å². The molecule has 1 aromatic rings. The lowest BCUT2D eigenvalue weighted by Gasteiger charge is -2.12. The van der Waals surface area contributed by atoms with Crippen molar-refractivity contribution in [3.05, 3.63) is 23.0 Å². The van der Waals surface area contributed by atoms with Gasteiger partial charge in [-0.3, -0.25) is 4.98 Å². The average Bonchev–Trinajstić information content (AvgIpc) is 2.26. The number of carbonyl (C=O) groups is 1. The van der Waals surface area contributed by atoms with Crippen LogP contribution in [0.3, 0.4) is 0 Å². The lowest BCUT2D eigenvalue weighted by molar-refractivity contribution is 0.0679. The fraction of sp³-hybridized carbons (Fsp3) is 0.333. The second-order valence-corrected chi connectivity index (χ2v) is 2.87. The first-order chi connectivity index (χ1) is 7.52. The number of halogens is 2. The third kappa shape index (κ3) is 2.08. The van der Waals surface area contributed by atoms with Crippen molar-refractivity contribution >= 4 is 5.97 Å². The minimum absolute atomic E-state index is 0.145. The first-order valence-corrected chi connectivity index (χ1v) is 4.30. The number of aromatic carboxylic acids is 1. The summed E-state index contributed by atoms with van der Waals surface area (Å²) in [5.74, 6) is -1.70. The number of carboxylic acids is 1. The van der Waals surface area contributed by atoms with Crippen LogP contribution in [0, 0.1) is 0 Å². The predicted octanol–water partition coefficient (Wildman–Crippen LogP) is 1.18. The number of carboxylic acid groups (broad SMARTS) is 1. The third-order valence-corrected chi connectivity index (χ3v) is 2.01. The van der Waals surface area contributed by atoms with Crippen molar-refractivity contribution in [3.8, 4) is 5.75 Å². The van der Waals surface area contributed by atoms with Crippen LogP contribution in [-0.2, 0) is 6.54 Å². The van der Waals surface area contributed by atoms with E-state index >= 15 is 0 Å². The molecule has 1 aromatic heterocycles. The van der Waals surface area contributed by atoms with E-state index in [0.717, 1.165) is 6.20 Å². The molecule has 0 aromatic carbocycles. The van der Waals surface area contributed by atoms with Crippen LogP contribution in [0.1, 0.15) is 28.0 Å². The molecule has 0 spiro atoms. The number of ether oxygens (including phenoxy) is 1. The molecule has 0 bridgehead atoms. The second-order valence-electron chi connectivity index (χ2n) is 2.87. The maximum absolute atomic E-state index is 12.7. The molecule has 7 heteroatoms. The number of aromatic nitrogens is 1. The van der Waals surface area contributed by atoms with Crippen molar-refractivity contribution in [2.75, 3.05) is 7.11 Å². The summed E-state index contributed by atoms with van der Waals surface area (Å²) in [4.78, 5) is 14.5. The second kappa shape index (κ2) is 4.84. The largest absolute Gasteiger partial charge is 0.494 e. The summed E-state index contributed by atoms with van der Waals surface area (Å²) in [6.07, 6.45) is -1.90. The highest BCUT2D eigenvalue weighted by atomic mass is 19.3. The first-order valence-electron chi connectivity index (χ1n) is 4.30. The Bertz CT molecular complexity index is 410. The molecular formula is C9H10F2N2O3. The Balaban J connectivity index is 3.53. The summed E-state index contributed by atoms with van der Waals surface area (Å²) < 4.78 is 30.2. The maximum atomic E-state index is 12.7. The fourth-order valence-corrected chi connectivity index (χ4v) is 1.32. The van der Waals surface area contributed by atoms with E-state index in [1.54, 1.807) is 0 Å². The molecule has 5 nitrogen and oxygen atoms in total. The minimum Gasteiger partial charge on any atom is -0.494 e. The van der Waals surface area contributed by atoms with Crippen LogP contribution in [0.15, 0.2) is 6.20 Å². The Morgan fingerprint density at radius 2 is 2.31 bits per heavy atom. The van der Waals surface area contributed by atoms with Gasteiger partial charge in [-0.2, -0.15) is 0 Å². The van der Waals surface area contributed by atoms with Crippen molar-refractivity contribution in [2.24, 2.45) is 5.73 Å². The average molecular weight is 232 g/mol. The van der Waals surface area contributed by atoms with Gasteiger partial charge in [0.05, 0.1) is 24.6 Å². The molecule has 0 radical (unpaired) electrons. The number of nitrogens with zero attached hydrogens (tertiary/aromatic N) is 1. The van der Waals surface area contributed by atoms with Crippen molar-refractivity contribution in [1.29, 1.82) is 0 Å². The molecule has 0 aliphatic rings. The molecule has 0 unspecified atom stereocenters. The van der Waals surface area contributed by atoms with E-state index in [2.05, 4.69) is 9.72 Å². The highest BCUT2D eigenvalue weighted by Crippen LogP contribution is 2.31. The van der Waals surface area contributed by atoms with E-state index in [0.29, 0.717) is 0 Å². The van der Waals surface area contributed by atoms with Gasteiger partial charge >= 0.3 is 5.97 Å². The molecule has 1 heterocycles. The number of methoxy groups -OCH3 is 1. The Kier molecular flexibility index (Phi) is 3.73.